The van der Waals surface area contributed by atoms with Gasteiger partial charge < -0.3 is 9.30 Å². The van der Waals surface area contributed by atoms with Crippen LogP contribution in [0.1, 0.15) is 38.9 Å². The third-order valence-electron chi connectivity index (χ3n) is 3.11. The van der Waals surface area contributed by atoms with E-state index in [1.807, 2.05) is 24.7 Å². The van der Waals surface area contributed by atoms with Gasteiger partial charge in [0.25, 0.3) is 0 Å². The number of esters is 1. The summed E-state index contributed by atoms with van der Waals surface area (Å²) >= 11 is 0. The summed E-state index contributed by atoms with van der Waals surface area (Å²) in [4.78, 5) is 18.1. The second-order valence-electron chi connectivity index (χ2n) is 4.18. The fourth-order valence-electron chi connectivity index (χ4n) is 2.15. The Morgan fingerprint density at radius 1 is 1.44 bits per heavy atom. The van der Waals surface area contributed by atoms with Crippen molar-refractivity contribution in [1.82, 2.24) is 14.5 Å². The zero-order valence-electron chi connectivity index (χ0n) is 11.7. The summed E-state index contributed by atoms with van der Waals surface area (Å²) in [5.41, 5.74) is 1.05. The highest BCUT2D eigenvalue weighted by atomic mass is 16.5. The van der Waals surface area contributed by atoms with Crippen molar-refractivity contribution in [2.24, 2.45) is 7.05 Å². The van der Waals surface area contributed by atoms with Gasteiger partial charge in [0.15, 0.2) is 0 Å². The molecule has 0 aliphatic heterocycles. The maximum absolute atomic E-state index is 11.7. The van der Waals surface area contributed by atoms with Gasteiger partial charge in [0.2, 0.25) is 0 Å². The van der Waals surface area contributed by atoms with Crippen LogP contribution in [0.2, 0.25) is 0 Å². The molecule has 0 fully saturated rings. The first-order chi connectivity index (χ1) is 8.63. The molecule has 0 aromatic carbocycles. The highest BCUT2D eigenvalue weighted by molar-refractivity contribution is 5.70. The van der Waals surface area contributed by atoms with Crippen molar-refractivity contribution in [2.45, 2.75) is 33.2 Å². The van der Waals surface area contributed by atoms with Gasteiger partial charge in [-0.25, -0.2) is 4.98 Å². The lowest BCUT2D eigenvalue weighted by Gasteiger charge is -2.29. The van der Waals surface area contributed by atoms with E-state index >= 15 is 0 Å². The van der Waals surface area contributed by atoms with E-state index in [1.165, 1.54) is 0 Å². The molecule has 102 valence electrons. The minimum atomic E-state index is -0.157. The minimum absolute atomic E-state index is 0.0338. The van der Waals surface area contributed by atoms with Crippen LogP contribution in [0.4, 0.5) is 0 Å². The second-order valence-corrected chi connectivity index (χ2v) is 4.18. The molecular weight excluding hydrogens is 230 g/mol. The first-order valence-corrected chi connectivity index (χ1v) is 6.49. The number of carbonyl (C=O) groups is 1. The van der Waals surface area contributed by atoms with Gasteiger partial charge >= 0.3 is 5.97 Å². The van der Waals surface area contributed by atoms with Crippen LogP contribution >= 0.6 is 0 Å². The molecule has 1 rings (SSSR count). The smallest absolute Gasteiger partial charge is 0.307 e. The second kappa shape index (κ2) is 7.16. The molecule has 0 radical (unpaired) electrons. The maximum atomic E-state index is 11.7. The quantitative estimate of drug-likeness (QED) is 0.695. The molecule has 0 saturated carbocycles. The van der Waals surface area contributed by atoms with Crippen molar-refractivity contribution < 1.29 is 9.53 Å². The highest BCUT2D eigenvalue weighted by Gasteiger charge is 2.24. The molecule has 0 spiro atoms. The molecule has 5 nitrogen and oxygen atoms in total. The Morgan fingerprint density at radius 2 is 2.11 bits per heavy atom. The highest BCUT2D eigenvalue weighted by Crippen LogP contribution is 2.23. The molecule has 0 aliphatic carbocycles. The molecule has 0 saturated heterocycles. The topological polar surface area (TPSA) is 47.4 Å². The molecule has 18 heavy (non-hydrogen) atoms. The molecule has 1 unspecified atom stereocenters. The van der Waals surface area contributed by atoms with Crippen molar-refractivity contribution in [3.8, 4) is 0 Å². The lowest BCUT2D eigenvalue weighted by Crippen LogP contribution is -2.31. The van der Waals surface area contributed by atoms with E-state index < -0.39 is 0 Å². The molecule has 0 N–H and O–H groups in total. The van der Waals surface area contributed by atoms with Crippen molar-refractivity contribution in [3.05, 3.63) is 18.2 Å². The number of nitrogens with zero attached hydrogens (tertiary/aromatic N) is 3. The van der Waals surface area contributed by atoms with Crippen LogP contribution in [0.3, 0.4) is 0 Å². The molecule has 0 bridgehead atoms. The number of aromatic nitrogens is 2. The van der Waals surface area contributed by atoms with E-state index in [1.54, 1.807) is 6.33 Å². The van der Waals surface area contributed by atoms with Crippen LogP contribution in [-0.2, 0) is 16.6 Å². The monoisotopic (exact) mass is 253 g/mol. The largest absolute Gasteiger partial charge is 0.466 e. The Balaban J connectivity index is 2.88. The van der Waals surface area contributed by atoms with E-state index in [0.29, 0.717) is 13.0 Å². The van der Waals surface area contributed by atoms with Gasteiger partial charge in [0.05, 0.1) is 31.1 Å². The normalized spacial score (nSPS) is 12.7. The summed E-state index contributed by atoms with van der Waals surface area (Å²) in [6.45, 7) is 8.23. The van der Waals surface area contributed by atoms with Crippen LogP contribution in [-0.4, -0.2) is 40.1 Å². The average Bonchev–Trinajstić information content (AvgIpc) is 2.76. The number of hydrogen-bond donors (Lipinski definition) is 0. The van der Waals surface area contributed by atoms with E-state index in [9.17, 15) is 4.79 Å². The van der Waals surface area contributed by atoms with Gasteiger partial charge in [0, 0.05) is 13.2 Å². The van der Waals surface area contributed by atoms with Crippen LogP contribution in [0.15, 0.2) is 12.5 Å². The first kappa shape index (κ1) is 14.7. The number of imidazole rings is 1. The Morgan fingerprint density at radius 3 is 2.56 bits per heavy atom. The standard InChI is InChI=1S/C13H23N3O2/c1-5-16(6-2)11(8-13(17)18-7-3)12-9-14-10-15(12)4/h9-11H,5-8H2,1-4H3. The molecule has 1 aromatic rings. The summed E-state index contributed by atoms with van der Waals surface area (Å²) in [5, 5.41) is 0. The molecule has 1 heterocycles. The number of ether oxygens (including phenoxy) is 1. The molecule has 5 heteroatoms. The molecule has 0 aliphatic rings. The molecular formula is C13H23N3O2. The SMILES string of the molecule is CCOC(=O)CC(c1cncn1C)N(CC)CC. The number of aryl methyl sites for hydroxylation is 1. The number of carbonyl (C=O) groups excluding carboxylic acids is 1. The Bertz CT molecular complexity index is 372. The molecule has 0 amide bonds. The van der Waals surface area contributed by atoms with Gasteiger partial charge in [0.1, 0.15) is 0 Å². The van der Waals surface area contributed by atoms with Gasteiger partial charge in [-0.1, -0.05) is 13.8 Å². The van der Waals surface area contributed by atoms with Crippen molar-refractivity contribution in [2.75, 3.05) is 19.7 Å². The number of rotatable bonds is 7. The first-order valence-electron chi connectivity index (χ1n) is 6.49. The number of hydrogen-bond acceptors (Lipinski definition) is 4. The van der Waals surface area contributed by atoms with Crippen LogP contribution < -0.4 is 0 Å². The van der Waals surface area contributed by atoms with Crippen LogP contribution in [0.25, 0.3) is 0 Å². The summed E-state index contributed by atoms with van der Waals surface area (Å²) in [7, 11) is 1.95. The van der Waals surface area contributed by atoms with Gasteiger partial charge in [-0.3, -0.25) is 9.69 Å². The average molecular weight is 253 g/mol. The lowest BCUT2D eigenvalue weighted by atomic mass is 10.1. The molecule has 1 atom stereocenters. The third kappa shape index (κ3) is 3.57. The van der Waals surface area contributed by atoms with Crippen LogP contribution in [0, 0.1) is 0 Å². The van der Waals surface area contributed by atoms with Gasteiger partial charge in [-0.05, 0) is 20.0 Å². The maximum Gasteiger partial charge on any atom is 0.307 e. The van der Waals surface area contributed by atoms with E-state index in [4.69, 9.17) is 4.74 Å². The predicted molar refractivity (Wildman–Crippen MR) is 70.1 cm³/mol. The van der Waals surface area contributed by atoms with Crippen molar-refractivity contribution in [1.29, 1.82) is 0 Å². The Labute approximate surface area is 109 Å². The summed E-state index contributed by atoms with van der Waals surface area (Å²) < 4.78 is 7.01. The molecule has 1 aromatic heterocycles. The van der Waals surface area contributed by atoms with Crippen molar-refractivity contribution in [3.63, 3.8) is 0 Å². The fourth-order valence-corrected chi connectivity index (χ4v) is 2.15. The van der Waals surface area contributed by atoms with E-state index in [2.05, 4.69) is 23.7 Å². The predicted octanol–water partition coefficient (Wildman–Crippen LogP) is 1.76. The van der Waals surface area contributed by atoms with Crippen molar-refractivity contribution >= 4 is 5.97 Å². The van der Waals surface area contributed by atoms with Gasteiger partial charge in [-0.2, -0.15) is 0 Å². The summed E-state index contributed by atoms with van der Waals surface area (Å²) in [6, 6.07) is 0.0338. The summed E-state index contributed by atoms with van der Waals surface area (Å²) in [6.07, 6.45) is 3.95. The minimum Gasteiger partial charge on any atom is -0.466 e. The zero-order chi connectivity index (χ0) is 13.5. The van der Waals surface area contributed by atoms with Gasteiger partial charge in [-0.15, -0.1) is 0 Å². The van der Waals surface area contributed by atoms with Crippen LogP contribution in [0.5, 0.6) is 0 Å². The Kier molecular flexibility index (Phi) is 5.85. The lowest BCUT2D eigenvalue weighted by molar-refractivity contribution is -0.144. The van der Waals surface area contributed by atoms with E-state index in [-0.39, 0.29) is 12.0 Å². The fraction of sp³-hybridized carbons (Fsp3) is 0.692. The van der Waals surface area contributed by atoms with E-state index in [0.717, 1.165) is 18.8 Å². The Hall–Kier alpha value is -1.36. The zero-order valence-corrected chi connectivity index (χ0v) is 11.7. The summed E-state index contributed by atoms with van der Waals surface area (Å²) in [5.74, 6) is -0.157. The third-order valence-corrected chi connectivity index (χ3v) is 3.11.